The number of aliphatic hydroxyl groups is 2. The zero-order chi connectivity index (χ0) is 15.3. The quantitative estimate of drug-likeness (QED) is 0.894. The van der Waals surface area contributed by atoms with Gasteiger partial charge in [0.15, 0.2) is 0 Å². The summed E-state index contributed by atoms with van der Waals surface area (Å²) in [5.41, 5.74) is 0.420. The maximum atomic E-state index is 11.1. The molecule has 116 valence electrons. The summed E-state index contributed by atoms with van der Waals surface area (Å²) in [6, 6.07) is 10.3. The topological polar surface area (TPSA) is 43.7 Å². The van der Waals surface area contributed by atoms with E-state index in [4.69, 9.17) is 0 Å². The Labute approximate surface area is 127 Å². The van der Waals surface area contributed by atoms with Gasteiger partial charge in [-0.25, -0.2) is 0 Å². The molecule has 0 aliphatic heterocycles. The first kappa shape index (κ1) is 15.0. The van der Waals surface area contributed by atoms with Crippen molar-refractivity contribution in [3.63, 3.8) is 0 Å². The Kier molecular flexibility index (Phi) is 3.63. The Morgan fingerprint density at radius 2 is 1.86 bits per heavy atom. The predicted molar refractivity (Wildman–Crippen MR) is 83.7 cm³/mol. The molecule has 4 rings (SSSR count). The molecule has 0 aromatic heterocycles. The Hall–Kier alpha value is -0.900. The minimum atomic E-state index is -0.970. The van der Waals surface area contributed by atoms with Crippen LogP contribution in [0.4, 0.5) is 0 Å². The second-order valence-corrected chi connectivity index (χ2v) is 7.71. The van der Waals surface area contributed by atoms with Crippen LogP contribution in [0.15, 0.2) is 30.3 Å². The molecule has 0 heterocycles. The molecule has 3 heteroatoms. The Morgan fingerprint density at radius 3 is 2.48 bits per heavy atom. The number of rotatable bonds is 4. The molecule has 1 aromatic carbocycles. The maximum Gasteiger partial charge on any atom is 0.106 e. The number of nitrogens with zero attached hydrogens (tertiary/aromatic N) is 1. The van der Waals surface area contributed by atoms with Gasteiger partial charge in [-0.2, -0.15) is 0 Å². The summed E-state index contributed by atoms with van der Waals surface area (Å²) in [5.74, 6) is 0.772. The van der Waals surface area contributed by atoms with Crippen LogP contribution in [0.25, 0.3) is 0 Å². The molecule has 0 spiro atoms. The van der Waals surface area contributed by atoms with Crippen molar-refractivity contribution in [2.45, 2.75) is 44.9 Å². The van der Waals surface area contributed by atoms with Crippen molar-refractivity contribution in [3.8, 4) is 0 Å². The SMILES string of the molecule is CN(Cc1ccccc1)C[C@@]1(O)[C@@H]2C[C@H](C[C@@H]1O)C2(C)C. The van der Waals surface area contributed by atoms with E-state index in [0.29, 0.717) is 12.5 Å². The van der Waals surface area contributed by atoms with Crippen LogP contribution in [-0.4, -0.2) is 40.4 Å². The third-order valence-electron chi connectivity index (χ3n) is 5.98. The highest BCUT2D eigenvalue weighted by Crippen LogP contribution is 2.62. The number of hydrogen-bond acceptors (Lipinski definition) is 3. The van der Waals surface area contributed by atoms with Crippen molar-refractivity contribution >= 4 is 0 Å². The number of fused-ring (bicyclic) bond motifs is 2. The Morgan fingerprint density at radius 1 is 1.19 bits per heavy atom. The van der Waals surface area contributed by atoms with Crippen molar-refractivity contribution in [1.29, 1.82) is 0 Å². The molecule has 4 atom stereocenters. The molecule has 0 radical (unpaired) electrons. The van der Waals surface area contributed by atoms with Gasteiger partial charge in [-0.15, -0.1) is 0 Å². The molecule has 0 unspecified atom stereocenters. The first-order chi connectivity index (χ1) is 9.84. The third kappa shape index (κ3) is 2.41. The summed E-state index contributed by atoms with van der Waals surface area (Å²) < 4.78 is 0. The van der Waals surface area contributed by atoms with Crippen molar-refractivity contribution in [2.75, 3.05) is 13.6 Å². The van der Waals surface area contributed by atoms with Crippen LogP contribution >= 0.6 is 0 Å². The van der Waals surface area contributed by atoms with Crippen LogP contribution in [0.2, 0.25) is 0 Å². The van der Waals surface area contributed by atoms with Crippen LogP contribution < -0.4 is 0 Å². The highest BCUT2D eigenvalue weighted by atomic mass is 16.3. The van der Waals surface area contributed by atoms with Gasteiger partial charge in [-0.05, 0) is 42.7 Å². The fourth-order valence-electron chi connectivity index (χ4n) is 4.57. The second-order valence-electron chi connectivity index (χ2n) is 7.71. The predicted octanol–water partition coefficient (Wildman–Crippen LogP) is 2.28. The van der Waals surface area contributed by atoms with Crippen LogP contribution in [0.5, 0.6) is 0 Å². The Balaban J connectivity index is 1.70. The largest absolute Gasteiger partial charge is 0.390 e. The van der Waals surface area contributed by atoms with Gasteiger partial charge in [0.05, 0.1) is 6.10 Å². The van der Waals surface area contributed by atoms with Gasteiger partial charge >= 0.3 is 0 Å². The third-order valence-corrected chi connectivity index (χ3v) is 5.98. The lowest BCUT2D eigenvalue weighted by atomic mass is 9.43. The van der Waals surface area contributed by atoms with Crippen LogP contribution in [0.1, 0.15) is 32.3 Å². The minimum absolute atomic E-state index is 0.154. The van der Waals surface area contributed by atoms with Crippen molar-refractivity contribution in [2.24, 2.45) is 17.3 Å². The summed E-state index contributed by atoms with van der Waals surface area (Å²) in [5, 5.41) is 21.5. The van der Waals surface area contributed by atoms with E-state index in [1.807, 2.05) is 25.2 Å². The zero-order valence-corrected chi connectivity index (χ0v) is 13.3. The molecule has 0 saturated heterocycles. The first-order valence-electron chi connectivity index (χ1n) is 7.97. The second kappa shape index (κ2) is 5.08. The van der Waals surface area contributed by atoms with Gasteiger partial charge in [0.25, 0.3) is 0 Å². The fourth-order valence-corrected chi connectivity index (χ4v) is 4.57. The van der Waals surface area contributed by atoms with Gasteiger partial charge in [-0.1, -0.05) is 44.2 Å². The van der Waals surface area contributed by atoms with E-state index in [9.17, 15) is 10.2 Å². The van der Waals surface area contributed by atoms with Gasteiger partial charge in [-0.3, -0.25) is 4.90 Å². The molecule has 2 bridgehead atoms. The van der Waals surface area contributed by atoms with Gasteiger partial charge in [0.2, 0.25) is 0 Å². The van der Waals surface area contributed by atoms with Crippen molar-refractivity contribution < 1.29 is 10.2 Å². The molecule has 3 aliphatic rings. The van der Waals surface area contributed by atoms with E-state index in [1.54, 1.807) is 0 Å². The molecule has 21 heavy (non-hydrogen) atoms. The number of likely N-dealkylation sites (N-methyl/N-ethyl adjacent to an activating group) is 1. The lowest BCUT2D eigenvalue weighted by Gasteiger charge is -2.65. The molecular formula is C18H27NO2. The lowest BCUT2D eigenvalue weighted by molar-refractivity contribution is -0.258. The van der Waals surface area contributed by atoms with Crippen LogP contribution in [-0.2, 0) is 6.54 Å². The number of hydrogen-bond donors (Lipinski definition) is 2. The van der Waals surface area contributed by atoms with Crippen molar-refractivity contribution in [1.82, 2.24) is 4.90 Å². The van der Waals surface area contributed by atoms with E-state index in [1.165, 1.54) is 5.56 Å². The molecule has 1 aromatic rings. The average molecular weight is 289 g/mol. The molecule has 3 fully saturated rings. The molecule has 3 saturated carbocycles. The molecule has 0 amide bonds. The van der Waals surface area contributed by atoms with Crippen LogP contribution in [0, 0.1) is 17.3 Å². The summed E-state index contributed by atoms with van der Waals surface area (Å²) in [7, 11) is 2.02. The Bertz CT molecular complexity index is 501. The maximum absolute atomic E-state index is 11.1. The average Bonchev–Trinajstić information content (AvgIpc) is 2.42. The zero-order valence-electron chi connectivity index (χ0n) is 13.3. The van der Waals surface area contributed by atoms with E-state index >= 15 is 0 Å². The highest BCUT2D eigenvalue weighted by Gasteiger charge is 2.64. The van der Waals surface area contributed by atoms with Gasteiger partial charge in [0, 0.05) is 13.1 Å². The van der Waals surface area contributed by atoms with E-state index in [0.717, 1.165) is 19.4 Å². The van der Waals surface area contributed by atoms with Gasteiger partial charge in [0.1, 0.15) is 5.60 Å². The van der Waals surface area contributed by atoms with Crippen molar-refractivity contribution in [3.05, 3.63) is 35.9 Å². The molecule has 3 aliphatic carbocycles. The van der Waals surface area contributed by atoms with E-state index in [2.05, 4.69) is 30.9 Å². The molecular weight excluding hydrogens is 262 g/mol. The summed E-state index contributed by atoms with van der Waals surface area (Å²) in [6.07, 6.45) is 1.20. The molecule has 2 N–H and O–H groups in total. The minimum Gasteiger partial charge on any atom is -0.390 e. The van der Waals surface area contributed by atoms with Gasteiger partial charge < -0.3 is 10.2 Å². The number of benzene rings is 1. The summed E-state index contributed by atoms with van der Waals surface area (Å²) in [4.78, 5) is 2.13. The standard InChI is InChI=1S/C18H27NO2/c1-17(2)14-9-15(17)18(21,16(20)10-14)12-19(3)11-13-7-5-4-6-8-13/h4-8,14-16,20-21H,9-12H2,1-3H3/t14-,15-,16+,18-/m1/s1. The summed E-state index contributed by atoms with van der Waals surface area (Å²) in [6.45, 7) is 5.80. The lowest BCUT2D eigenvalue weighted by Crippen LogP contribution is -2.70. The fraction of sp³-hybridized carbons (Fsp3) is 0.667. The van der Waals surface area contributed by atoms with Crippen LogP contribution in [0.3, 0.4) is 0 Å². The smallest absolute Gasteiger partial charge is 0.106 e. The van der Waals surface area contributed by atoms with E-state index in [-0.39, 0.29) is 11.3 Å². The number of aliphatic hydroxyl groups excluding tert-OH is 1. The highest BCUT2D eigenvalue weighted by molar-refractivity contribution is 5.17. The first-order valence-corrected chi connectivity index (χ1v) is 7.97. The van der Waals surface area contributed by atoms with E-state index < -0.39 is 11.7 Å². The summed E-state index contributed by atoms with van der Waals surface area (Å²) >= 11 is 0. The normalized spacial score (nSPS) is 37.3. The molecule has 3 nitrogen and oxygen atoms in total. The monoisotopic (exact) mass is 289 g/mol.